The van der Waals surface area contributed by atoms with Gasteiger partial charge in [0.2, 0.25) is 0 Å². The van der Waals surface area contributed by atoms with Gasteiger partial charge in [-0.3, -0.25) is 9.48 Å². The fourth-order valence-electron chi connectivity index (χ4n) is 2.76. The van der Waals surface area contributed by atoms with Gasteiger partial charge in [0.15, 0.2) is 0 Å². The van der Waals surface area contributed by atoms with Gasteiger partial charge in [-0.25, -0.2) is 0 Å². The van der Waals surface area contributed by atoms with E-state index >= 15 is 0 Å². The van der Waals surface area contributed by atoms with E-state index in [2.05, 4.69) is 18.9 Å². The first-order valence-corrected chi connectivity index (χ1v) is 6.10. The monoisotopic (exact) mass is 236 g/mol. The number of aliphatic carboxylic acids is 1. The molecule has 94 valence electrons. The van der Waals surface area contributed by atoms with Crippen LogP contribution in [0.4, 0.5) is 0 Å². The topological polar surface area (TPSA) is 55.1 Å². The quantitative estimate of drug-likeness (QED) is 0.873. The van der Waals surface area contributed by atoms with Crippen LogP contribution in [0, 0.1) is 17.3 Å². The van der Waals surface area contributed by atoms with Crippen LogP contribution in [-0.4, -0.2) is 20.9 Å². The van der Waals surface area contributed by atoms with Gasteiger partial charge in [0.05, 0.1) is 5.92 Å². The van der Waals surface area contributed by atoms with E-state index in [1.165, 1.54) is 0 Å². The van der Waals surface area contributed by atoms with Crippen molar-refractivity contribution in [2.24, 2.45) is 17.3 Å². The first kappa shape index (κ1) is 12.1. The molecule has 1 heterocycles. The molecule has 4 heteroatoms. The van der Waals surface area contributed by atoms with E-state index in [4.69, 9.17) is 0 Å². The molecule has 1 aromatic rings. The lowest BCUT2D eigenvalue weighted by molar-refractivity contribution is -0.139. The molecule has 0 saturated heterocycles. The normalized spacial score (nSPS) is 26.2. The molecular weight excluding hydrogens is 216 g/mol. The molecular formula is C13H20N2O2. The zero-order valence-electron chi connectivity index (χ0n) is 10.8. The summed E-state index contributed by atoms with van der Waals surface area (Å²) >= 11 is 0. The predicted octanol–water partition coefficient (Wildman–Crippen LogP) is 2.36. The number of carbonyl (C=O) groups is 1. The first-order chi connectivity index (χ1) is 7.85. The van der Waals surface area contributed by atoms with E-state index in [1.54, 1.807) is 6.20 Å². The molecule has 1 aromatic heterocycles. The lowest BCUT2D eigenvalue weighted by Crippen LogP contribution is -2.10. The number of nitrogens with zero attached hydrogens (tertiary/aromatic N) is 2. The Labute approximate surface area is 102 Å². The Bertz CT molecular complexity index is 434. The van der Waals surface area contributed by atoms with Gasteiger partial charge in [0.25, 0.3) is 0 Å². The molecule has 0 bridgehead atoms. The van der Waals surface area contributed by atoms with E-state index in [1.807, 2.05) is 24.6 Å². The largest absolute Gasteiger partial charge is 0.481 e. The second kappa shape index (κ2) is 3.86. The molecule has 0 aromatic carbocycles. The van der Waals surface area contributed by atoms with Crippen molar-refractivity contribution in [3.63, 3.8) is 0 Å². The highest BCUT2D eigenvalue weighted by Crippen LogP contribution is 2.64. The maximum atomic E-state index is 11.2. The Morgan fingerprint density at radius 1 is 1.59 bits per heavy atom. The Morgan fingerprint density at radius 2 is 2.24 bits per heavy atom. The van der Waals surface area contributed by atoms with Crippen LogP contribution in [0.25, 0.3) is 0 Å². The highest BCUT2D eigenvalue weighted by atomic mass is 16.4. The number of hydrogen-bond donors (Lipinski definition) is 1. The summed E-state index contributed by atoms with van der Waals surface area (Å²) in [6.45, 7) is 9.16. The van der Waals surface area contributed by atoms with Crippen molar-refractivity contribution in [2.45, 2.75) is 40.2 Å². The number of hydrogen-bond acceptors (Lipinski definition) is 2. The predicted molar refractivity (Wildman–Crippen MR) is 64.7 cm³/mol. The number of aromatic nitrogens is 2. The molecule has 1 aliphatic carbocycles. The van der Waals surface area contributed by atoms with E-state index in [0.29, 0.717) is 5.92 Å². The molecule has 4 nitrogen and oxygen atoms in total. The summed E-state index contributed by atoms with van der Waals surface area (Å²) in [5.74, 6) is -0.359. The lowest BCUT2D eigenvalue weighted by atomic mass is 10.1. The smallest absolute Gasteiger partial charge is 0.307 e. The average Bonchev–Trinajstić information content (AvgIpc) is 2.53. The molecule has 0 spiro atoms. The summed E-state index contributed by atoms with van der Waals surface area (Å²) in [5, 5.41) is 13.5. The van der Waals surface area contributed by atoms with Gasteiger partial charge in [-0.2, -0.15) is 5.10 Å². The molecule has 0 aliphatic heterocycles. The van der Waals surface area contributed by atoms with Gasteiger partial charge in [-0.05, 0) is 17.4 Å². The fraction of sp³-hybridized carbons (Fsp3) is 0.692. The summed E-state index contributed by atoms with van der Waals surface area (Å²) in [7, 11) is 0. The minimum absolute atomic E-state index is 0.0984. The minimum atomic E-state index is -0.697. The van der Waals surface area contributed by atoms with Gasteiger partial charge < -0.3 is 5.11 Å². The first-order valence-electron chi connectivity index (χ1n) is 6.10. The third kappa shape index (κ3) is 1.96. The van der Waals surface area contributed by atoms with Crippen LogP contribution in [0.1, 0.15) is 39.3 Å². The lowest BCUT2D eigenvalue weighted by Gasteiger charge is -2.10. The van der Waals surface area contributed by atoms with E-state index in [-0.39, 0.29) is 17.3 Å². The summed E-state index contributed by atoms with van der Waals surface area (Å²) in [6.07, 6.45) is 1.77. The SMILES string of the molecule is CC(C)Cn1nccc1C1C(C(=O)O)C1(C)C. The molecule has 1 fully saturated rings. The second-order valence-corrected chi connectivity index (χ2v) is 5.95. The molecule has 0 radical (unpaired) electrons. The highest BCUT2D eigenvalue weighted by molar-refractivity contribution is 5.77. The molecule has 2 rings (SSSR count). The van der Waals surface area contributed by atoms with Crippen molar-refractivity contribution in [1.29, 1.82) is 0 Å². The molecule has 1 N–H and O–H groups in total. The zero-order chi connectivity index (χ0) is 12.8. The summed E-state index contributed by atoms with van der Waals surface area (Å²) < 4.78 is 1.96. The average molecular weight is 236 g/mol. The van der Waals surface area contributed by atoms with Crippen LogP contribution in [0.2, 0.25) is 0 Å². The van der Waals surface area contributed by atoms with Crippen molar-refractivity contribution in [1.82, 2.24) is 9.78 Å². The maximum Gasteiger partial charge on any atom is 0.307 e. The molecule has 2 atom stereocenters. The van der Waals surface area contributed by atoms with Crippen molar-refractivity contribution < 1.29 is 9.90 Å². The molecule has 0 amide bonds. The maximum absolute atomic E-state index is 11.2. The van der Waals surface area contributed by atoms with Crippen molar-refractivity contribution in [3.8, 4) is 0 Å². The third-order valence-electron chi connectivity index (χ3n) is 3.70. The second-order valence-electron chi connectivity index (χ2n) is 5.95. The van der Waals surface area contributed by atoms with Crippen LogP contribution in [-0.2, 0) is 11.3 Å². The van der Waals surface area contributed by atoms with Gasteiger partial charge >= 0.3 is 5.97 Å². The number of rotatable bonds is 4. The Morgan fingerprint density at radius 3 is 2.71 bits per heavy atom. The van der Waals surface area contributed by atoms with Crippen molar-refractivity contribution >= 4 is 5.97 Å². The fourth-order valence-corrected chi connectivity index (χ4v) is 2.76. The molecule has 1 aliphatic rings. The zero-order valence-corrected chi connectivity index (χ0v) is 10.8. The summed E-state index contributed by atoms with van der Waals surface area (Å²) in [5.41, 5.74) is 0.914. The van der Waals surface area contributed by atoms with E-state index in [0.717, 1.165) is 12.2 Å². The Hall–Kier alpha value is -1.32. The van der Waals surface area contributed by atoms with Crippen molar-refractivity contribution in [3.05, 3.63) is 18.0 Å². The molecule has 2 unspecified atom stereocenters. The highest BCUT2D eigenvalue weighted by Gasteiger charge is 2.63. The van der Waals surface area contributed by atoms with Gasteiger partial charge in [-0.15, -0.1) is 0 Å². The molecule has 1 saturated carbocycles. The summed E-state index contributed by atoms with van der Waals surface area (Å²) in [6, 6.07) is 1.96. The van der Waals surface area contributed by atoms with Crippen LogP contribution < -0.4 is 0 Å². The summed E-state index contributed by atoms with van der Waals surface area (Å²) in [4.78, 5) is 11.2. The van der Waals surface area contributed by atoms with E-state index in [9.17, 15) is 9.90 Å². The number of carboxylic acids is 1. The minimum Gasteiger partial charge on any atom is -0.481 e. The van der Waals surface area contributed by atoms with Crippen LogP contribution in [0.3, 0.4) is 0 Å². The van der Waals surface area contributed by atoms with Crippen molar-refractivity contribution in [2.75, 3.05) is 0 Å². The van der Waals surface area contributed by atoms with Crippen LogP contribution >= 0.6 is 0 Å². The Balaban J connectivity index is 2.25. The third-order valence-corrected chi connectivity index (χ3v) is 3.70. The van der Waals surface area contributed by atoms with Gasteiger partial charge in [-0.1, -0.05) is 27.7 Å². The van der Waals surface area contributed by atoms with Crippen LogP contribution in [0.15, 0.2) is 12.3 Å². The Kier molecular flexibility index (Phi) is 2.76. The number of carboxylic acid groups (broad SMARTS) is 1. The van der Waals surface area contributed by atoms with Gasteiger partial charge in [0.1, 0.15) is 0 Å². The standard InChI is InChI=1S/C13H20N2O2/c1-8(2)7-15-9(5-6-14-15)10-11(12(16)17)13(10,3)4/h5-6,8,10-11H,7H2,1-4H3,(H,16,17). The van der Waals surface area contributed by atoms with E-state index < -0.39 is 5.97 Å². The molecule has 17 heavy (non-hydrogen) atoms. The van der Waals surface area contributed by atoms with Gasteiger partial charge in [0, 0.05) is 24.4 Å². The van der Waals surface area contributed by atoms with Crippen LogP contribution in [0.5, 0.6) is 0 Å².